The van der Waals surface area contributed by atoms with Crippen LogP contribution in [0.15, 0.2) is 42.5 Å². The van der Waals surface area contributed by atoms with Gasteiger partial charge in [-0.2, -0.15) is 0 Å². The van der Waals surface area contributed by atoms with Crippen LogP contribution in [0.25, 0.3) is 0 Å². The first-order chi connectivity index (χ1) is 16.5. The minimum Gasteiger partial charge on any atom is -0.350 e. The molecular weight excluding hydrogens is 521 g/mol. The molecule has 2 aromatic rings. The highest BCUT2D eigenvalue weighted by molar-refractivity contribution is 7.92. The maximum atomic E-state index is 13.6. The largest absolute Gasteiger partial charge is 0.350 e. The Bertz CT molecular complexity index is 1190. The number of halogens is 2. The van der Waals surface area contributed by atoms with Gasteiger partial charge < -0.3 is 10.2 Å². The molecule has 1 atom stereocenters. The summed E-state index contributed by atoms with van der Waals surface area (Å²) in [5.41, 5.74) is 1.56. The third-order valence-electron chi connectivity index (χ3n) is 5.53. The van der Waals surface area contributed by atoms with E-state index in [1.54, 1.807) is 37.3 Å². The first-order valence-electron chi connectivity index (χ1n) is 11.6. The highest BCUT2D eigenvalue weighted by atomic mass is 35.5. The van der Waals surface area contributed by atoms with E-state index < -0.39 is 34.1 Å². The van der Waals surface area contributed by atoms with Crippen LogP contribution in [-0.4, -0.2) is 49.5 Å². The monoisotopic (exact) mass is 555 g/mol. The summed E-state index contributed by atoms with van der Waals surface area (Å²) >= 11 is 12.2. The Morgan fingerprint density at radius 2 is 1.56 bits per heavy atom. The molecule has 0 spiro atoms. The van der Waals surface area contributed by atoms with E-state index in [0.717, 1.165) is 16.1 Å². The zero-order valence-electron chi connectivity index (χ0n) is 21.8. The van der Waals surface area contributed by atoms with E-state index >= 15 is 0 Å². The van der Waals surface area contributed by atoms with Crippen molar-refractivity contribution in [3.63, 3.8) is 0 Å². The van der Waals surface area contributed by atoms with Gasteiger partial charge in [-0.25, -0.2) is 8.42 Å². The molecule has 0 saturated heterocycles. The zero-order chi connectivity index (χ0) is 27.4. The Labute approximate surface area is 224 Å². The van der Waals surface area contributed by atoms with Crippen molar-refractivity contribution >= 4 is 50.7 Å². The van der Waals surface area contributed by atoms with E-state index in [1.165, 1.54) is 4.90 Å². The lowest BCUT2D eigenvalue weighted by Crippen LogP contribution is -2.54. The molecule has 10 heteroatoms. The van der Waals surface area contributed by atoms with Gasteiger partial charge in [0.05, 0.1) is 22.0 Å². The number of nitrogens with zero attached hydrogens (tertiary/aromatic N) is 2. The van der Waals surface area contributed by atoms with Crippen LogP contribution < -0.4 is 9.62 Å². The smallest absolute Gasteiger partial charge is 0.244 e. The van der Waals surface area contributed by atoms with E-state index in [2.05, 4.69) is 5.32 Å². The van der Waals surface area contributed by atoms with Gasteiger partial charge in [-0.3, -0.25) is 13.9 Å². The molecule has 198 valence electrons. The third-order valence-corrected chi connectivity index (χ3v) is 7.41. The summed E-state index contributed by atoms with van der Waals surface area (Å²) in [6.07, 6.45) is 1.05. The summed E-state index contributed by atoms with van der Waals surface area (Å²) in [7, 11) is -3.79. The van der Waals surface area contributed by atoms with Crippen LogP contribution in [0, 0.1) is 0 Å². The molecule has 36 heavy (non-hydrogen) atoms. The molecule has 0 aliphatic heterocycles. The molecule has 2 amide bonds. The summed E-state index contributed by atoms with van der Waals surface area (Å²) in [6.45, 7) is 10.8. The molecule has 0 aromatic heterocycles. The molecule has 0 radical (unpaired) electrons. The Morgan fingerprint density at radius 3 is 2.03 bits per heavy atom. The molecule has 0 bridgehead atoms. The molecule has 1 N–H and O–H groups in total. The van der Waals surface area contributed by atoms with Crippen molar-refractivity contribution in [1.82, 2.24) is 10.2 Å². The first-order valence-corrected chi connectivity index (χ1v) is 14.2. The molecule has 0 fully saturated rings. The van der Waals surface area contributed by atoms with Crippen LogP contribution in [0.4, 0.5) is 5.69 Å². The minimum atomic E-state index is -3.79. The van der Waals surface area contributed by atoms with Crippen LogP contribution in [0.2, 0.25) is 10.0 Å². The fourth-order valence-corrected chi connectivity index (χ4v) is 4.70. The van der Waals surface area contributed by atoms with Crippen molar-refractivity contribution in [2.45, 2.75) is 65.6 Å². The quantitative estimate of drug-likeness (QED) is 0.459. The molecule has 0 saturated carbocycles. The Balaban J connectivity index is 2.43. The highest BCUT2D eigenvalue weighted by Gasteiger charge is 2.31. The second kappa shape index (κ2) is 11.8. The number of sulfonamides is 1. The second-order valence-corrected chi connectivity index (χ2v) is 12.9. The van der Waals surface area contributed by atoms with Gasteiger partial charge >= 0.3 is 0 Å². The number of nitrogens with one attached hydrogen (secondary N) is 1. The van der Waals surface area contributed by atoms with Gasteiger partial charge in [0.2, 0.25) is 21.8 Å². The number of carbonyl (C=O) groups excluding carboxylic acids is 2. The van der Waals surface area contributed by atoms with E-state index in [1.807, 2.05) is 46.8 Å². The van der Waals surface area contributed by atoms with E-state index in [9.17, 15) is 18.0 Å². The minimum absolute atomic E-state index is 0.0400. The normalized spacial score (nSPS) is 12.8. The van der Waals surface area contributed by atoms with Crippen LogP contribution in [0.1, 0.15) is 58.6 Å². The summed E-state index contributed by atoms with van der Waals surface area (Å²) in [5, 5.41) is 3.56. The SMILES string of the molecule is CC(C)c1ccc(N(CC(=O)N(Cc2ccc(Cl)c(Cl)c2)C(C)C(=O)NC(C)(C)C)S(C)(=O)=O)cc1. The van der Waals surface area contributed by atoms with Crippen molar-refractivity contribution in [1.29, 1.82) is 0 Å². The number of benzene rings is 2. The van der Waals surface area contributed by atoms with E-state index in [4.69, 9.17) is 23.2 Å². The Morgan fingerprint density at radius 1 is 0.972 bits per heavy atom. The lowest BCUT2D eigenvalue weighted by molar-refractivity contribution is -0.140. The molecule has 7 nitrogen and oxygen atoms in total. The number of rotatable bonds is 9. The van der Waals surface area contributed by atoms with E-state index in [-0.39, 0.29) is 18.4 Å². The summed E-state index contributed by atoms with van der Waals surface area (Å²) < 4.78 is 26.4. The zero-order valence-corrected chi connectivity index (χ0v) is 24.1. The van der Waals surface area contributed by atoms with Crippen LogP contribution in [0.3, 0.4) is 0 Å². The standard InChI is InChI=1S/C26H35Cl2N3O4S/c1-17(2)20-9-11-21(12-10-20)31(36(7,34)35)16-24(32)30(18(3)25(33)29-26(4,5)6)15-19-8-13-22(27)23(28)14-19/h8-14,17-18H,15-16H2,1-7H3,(H,29,33). The lowest BCUT2D eigenvalue weighted by atomic mass is 10.0. The summed E-state index contributed by atoms with van der Waals surface area (Å²) in [5.74, 6) is -0.615. The van der Waals surface area contributed by atoms with Gasteiger partial charge in [-0.05, 0) is 69.0 Å². The highest BCUT2D eigenvalue weighted by Crippen LogP contribution is 2.25. The third kappa shape index (κ3) is 8.39. The first kappa shape index (κ1) is 29.9. The Hall–Kier alpha value is -2.29. The van der Waals surface area contributed by atoms with Crippen molar-refractivity contribution in [2.24, 2.45) is 0 Å². The molecule has 0 heterocycles. The topological polar surface area (TPSA) is 86.8 Å². The van der Waals surface area contributed by atoms with Gasteiger partial charge in [-0.15, -0.1) is 0 Å². The molecule has 2 aromatic carbocycles. The van der Waals surface area contributed by atoms with Crippen LogP contribution in [-0.2, 0) is 26.2 Å². The van der Waals surface area contributed by atoms with Crippen molar-refractivity contribution in [3.05, 3.63) is 63.6 Å². The van der Waals surface area contributed by atoms with E-state index in [0.29, 0.717) is 21.3 Å². The maximum absolute atomic E-state index is 13.6. The van der Waals surface area contributed by atoms with Gasteiger partial charge in [0.1, 0.15) is 12.6 Å². The van der Waals surface area contributed by atoms with Gasteiger partial charge in [0.15, 0.2) is 0 Å². The maximum Gasteiger partial charge on any atom is 0.244 e. The Kier molecular flexibility index (Phi) is 9.84. The lowest BCUT2D eigenvalue weighted by Gasteiger charge is -2.33. The van der Waals surface area contributed by atoms with Crippen molar-refractivity contribution < 1.29 is 18.0 Å². The average molecular weight is 557 g/mol. The predicted octanol–water partition coefficient (Wildman–Crippen LogP) is 5.21. The number of anilines is 1. The molecule has 0 aliphatic rings. The fraction of sp³-hybridized carbons (Fsp3) is 0.462. The van der Waals surface area contributed by atoms with Gasteiger partial charge in [0, 0.05) is 12.1 Å². The van der Waals surface area contributed by atoms with Crippen molar-refractivity contribution in [2.75, 3.05) is 17.1 Å². The predicted molar refractivity (Wildman–Crippen MR) is 147 cm³/mol. The average Bonchev–Trinajstić information content (AvgIpc) is 2.75. The molecule has 0 aliphatic carbocycles. The molecule has 2 rings (SSSR count). The number of amides is 2. The summed E-state index contributed by atoms with van der Waals surface area (Å²) in [6, 6.07) is 11.1. The van der Waals surface area contributed by atoms with Crippen LogP contribution >= 0.6 is 23.2 Å². The van der Waals surface area contributed by atoms with Gasteiger partial charge in [0.25, 0.3) is 0 Å². The number of carbonyl (C=O) groups is 2. The molecular formula is C26H35Cl2N3O4S. The molecule has 1 unspecified atom stereocenters. The summed E-state index contributed by atoms with van der Waals surface area (Å²) in [4.78, 5) is 27.9. The van der Waals surface area contributed by atoms with Crippen molar-refractivity contribution in [3.8, 4) is 0 Å². The van der Waals surface area contributed by atoms with Gasteiger partial charge in [-0.1, -0.05) is 55.2 Å². The number of hydrogen-bond acceptors (Lipinski definition) is 4. The number of hydrogen-bond donors (Lipinski definition) is 1. The second-order valence-electron chi connectivity index (χ2n) is 10.2. The van der Waals surface area contributed by atoms with Crippen LogP contribution in [0.5, 0.6) is 0 Å². The fourth-order valence-electron chi connectivity index (χ4n) is 3.53.